The van der Waals surface area contributed by atoms with E-state index in [0.717, 1.165) is 15.4 Å². The van der Waals surface area contributed by atoms with Gasteiger partial charge in [0.1, 0.15) is 18.3 Å². The number of aryl methyl sites for hydroxylation is 1. The summed E-state index contributed by atoms with van der Waals surface area (Å²) >= 11 is 6.06. The van der Waals surface area contributed by atoms with Crippen molar-refractivity contribution >= 4 is 39.1 Å². The molecule has 0 aliphatic carbocycles. The molecular weight excluding hydrogens is 538 g/mol. The molecule has 0 aliphatic rings. The van der Waals surface area contributed by atoms with Crippen LogP contribution in [0.15, 0.2) is 77.7 Å². The van der Waals surface area contributed by atoms with E-state index in [-0.39, 0.29) is 29.1 Å². The van der Waals surface area contributed by atoms with Crippen molar-refractivity contribution in [2.45, 2.75) is 51.2 Å². The number of carbonyl (C=O) groups is 2. The molecular formula is C29H34ClN3O5S. The largest absolute Gasteiger partial charge is 0.497 e. The summed E-state index contributed by atoms with van der Waals surface area (Å²) in [5, 5.41) is 3.27. The molecule has 0 heterocycles. The van der Waals surface area contributed by atoms with E-state index in [9.17, 15) is 18.0 Å². The number of anilines is 1. The predicted molar refractivity (Wildman–Crippen MR) is 153 cm³/mol. The molecule has 39 heavy (non-hydrogen) atoms. The van der Waals surface area contributed by atoms with Gasteiger partial charge < -0.3 is 15.0 Å². The standard InChI is InChI=1S/C29H34ClN3O5S/c1-20(2)31-29(35)22(4)32(18-23-9-7-6-8-21(23)3)28(34)19-33(25-12-10-24(30)11-13-25)39(36,37)27-16-14-26(38-5)15-17-27/h6-17,20,22H,18-19H2,1-5H3,(H,31,35). The summed E-state index contributed by atoms with van der Waals surface area (Å²) in [5.74, 6) is -0.364. The number of amides is 2. The second-order valence-corrected chi connectivity index (χ2v) is 11.7. The van der Waals surface area contributed by atoms with E-state index in [1.54, 1.807) is 19.1 Å². The van der Waals surface area contributed by atoms with Gasteiger partial charge in [-0.05, 0) is 87.4 Å². The number of benzene rings is 3. The Bertz CT molecular complexity index is 1390. The number of ether oxygens (including phenoxy) is 1. The number of nitrogens with one attached hydrogen (secondary N) is 1. The van der Waals surface area contributed by atoms with E-state index in [2.05, 4.69) is 5.32 Å². The summed E-state index contributed by atoms with van der Waals surface area (Å²) in [7, 11) is -2.69. The molecule has 2 amide bonds. The lowest BCUT2D eigenvalue weighted by molar-refractivity contribution is -0.139. The smallest absolute Gasteiger partial charge is 0.264 e. The maximum Gasteiger partial charge on any atom is 0.264 e. The minimum atomic E-state index is -4.18. The molecule has 0 spiro atoms. The van der Waals surface area contributed by atoms with Crippen LogP contribution in [0.3, 0.4) is 0 Å². The quantitative estimate of drug-likeness (QED) is 0.357. The van der Waals surface area contributed by atoms with Gasteiger partial charge in [0, 0.05) is 17.6 Å². The minimum absolute atomic E-state index is 0.0119. The Morgan fingerprint density at radius 1 is 0.949 bits per heavy atom. The van der Waals surface area contributed by atoms with Crippen LogP contribution in [-0.2, 0) is 26.2 Å². The molecule has 0 fully saturated rings. The Kier molecular flexibility index (Phi) is 9.99. The SMILES string of the molecule is COc1ccc(S(=O)(=O)N(CC(=O)N(Cc2ccccc2C)C(C)C(=O)NC(C)C)c2ccc(Cl)cc2)cc1. The first kappa shape index (κ1) is 30.0. The fourth-order valence-corrected chi connectivity index (χ4v) is 5.51. The zero-order chi connectivity index (χ0) is 28.7. The Balaban J connectivity index is 2.04. The van der Waals surface area contributed by atoms with Gasteiger partial charge in [-0.25, -0.2) is 8.42 Å². The van der Waals surface area contributed by atoms with Crippen LogP contribution in [0, 0.1) is 6.92 Å². The van der Waals surface area contributed by atoms with Crippen LogP contribution >= 0.6 is 11.6 Å². The van der Waals surface area contributed by atoms with Crippen molar-refractivity contribution in [2.24, 2.45) is 0 Å². The van der Waals surface area contributed by atoms with Crippen molar-refractivity contribution < 1.29 is 22.7 Å². The lowest BCUT2D eigenvalue weighted by atomic mass is 10.1. The lowest BCUT2D eigenvalue weighted by Gasteiger charge is -2.32. The molecule has 0 radical (unpaired) electrons. The van der Waals surface area contributed by atoms with Crippen LogP contribution in [0.4, 0.5) is 5.69 Å². The van der Waals surface area contributed by atoms with Crippen LogP contribution in [0.1, 0.15) is 31.9 Å². The summed E-state index contributed by atoms with van der Waals surface area (Å²) in [4.78, 5) is 28.3. The highest BCUT2D eigenvalue weighted by atomic mass is 35.5. The fraction of sp³-hybridized carbons (Fsp3) is 0.310. The highest BCUT2D eigenvalue weighted by Crippen LogP contribution is 2.27. The number of hydrogen-bond donors (Lipinski definition) is 1. The number of methoxy groups -OCH3 is 1. The number of hydrogen-bond acceptors (Lipinski definition) is 5. The van der Waals surface area contributed by atoms with E-state index in [1.165, 1.54) is 48.4 Å². The zero-order valence-electron chi connectivity index (χ0n) is 22.7. The van der Waals surface area contributed by atoms with E-state index < -0.39 is 28.5 Å². The van der Waals surface area contributed by atoms with Crippen molar-refractivity contribution in [3.8, 4) is 5.75 Å². The first-order valence-corrected chi connectivity index (χ1v) is 14.3. The average Bonchev–Trinajstić information content (AvgIpc) is 2.91. The highest BCUT2D eigenvalue weighted by Gasteiger charge is 2.33. The normalized spacial score (nSPS) is 12.1. The van der Waals surface area contributed by atoms with Crippen LogP contribution < -0.4 is 14.4 Å². The van der Waals surface area contributed by atoms with Crippen molar-refractivity contribution in [1.82, 2.24) is 10.2 Å². The van der Waals surface area contributed by atoms with Crippen LogP contribution in [-0.4, -0.2) is 50.9 Å². The summed E-state index contributed by atoms with van der Waals surface area (Å²) in [6.07, 6.45) is 0. The van der Waals surface area contributed by atoms with E-state index in [1.807, 2.05) is 45.0 Å². The first-order valence-electron chi connectivity index (χ1n) is 12.5. The number of rotatable bonds is 11. The number of carbonyl (C=O) groups excluding carboxylic acids is 2. The predicted octanol–water partition coefficient (Wildman–Crippen LogP) is 4.79. The van der Waals surface area contributed by atoms with Crippen molar-refractivity contribution in [3.05, 3.63) is 88.9 Å². The fourth-order valence-electron chi connectivity index (χ4n) is 3.97. The zero-order valence-corrected chi connectivity index (χ0v) is 24.3. The Labute approximate surface area is 235 Å². The third kappa shape index (κ3) is 7.52. The molecule has 8 nitrogen and oxygen atoms in total. The third-order valence-electron chi connectivity index (χ3n) is 6.24. The highest BCUT2D eigenvalue weighted by molar-refractivity contribution is 7.92. The van der Waals surface area contributed by atoms with E-state index in [4.69, 9.17) is 16.3 Å². The van der Waals surface area contributed by atoms with Gasteiger partial charge in [0.25, 0.3) is 10.0 Å². The molecule has 1 unspecified atom stereocenters. The average molecular weight is 572 g/mol. The van der Waals surface area contributed by atoms with Crippen LogP contribution in [0.5, 0.6) is 5.75 Å². The number of sulfonamides is 1. The molecule has 0 aromatic heterocycles. The molecule has 0 saturated carbocycles. The second-order valence-electron chi connectivity index (χ2n) is 9.45. The summed E-state index contributed by atoms with van der Waals surface area (Å²) in [6.45, 7) is 6.84. The molecule has 10 heteroatoms. The summed E-state index contributed by atoms with van der Waals surface area (Å²) in [6, 6.07) is 18.7. The summed E-state index contributed by atoms with van der Waals surface area (Å²) in [5.41, 5.74) is 2.07. The minimum Gasteiger partial charge on any atom is -0.497 e. The second kappa shape index (κ2) is 13.0. The van der Waals surface area contributed by atoms with Crippen molar-refractivity contribution in [1.29, 1.82) is 0 Å². The molecule has 1 atom stereocenters. The van der Waals surface area contributed by atoms with Gasteiger partial charge in [0.2, 0.25) is 11.8 Å². The van der Waals surface area contributed by atoms with Gasteiger partial charge in [0.05, 0.1) is 17.7 Å². The molecule has 3 aromatic carbocycles. The van der Waals surface area contributed by atoms with Crippen molar-refractivity contribution in [2.75, 3.05) is 18.0 Å². The van der Waals surface area contributed by atoms with Gasteiger partial charge in [-0.3, -0.25) is 13.9 Å². The van der Waals surface area contributed by atoms with Gasteiger partial charge in [-0.15, -0.1) is 0 Å². The van der Waals surface area contributed by atoms with Gasteiger partial charge >= 0.3 is 0 Å². The van der Waals surface area contributed by atoms with Crippen LogP contribution in [0.2, 0.25) is 5.02 Å². The van der Waals surface area contributed by atoms with E-state index in [0.29, 0.717) is 10.8 Å². The van der Waals surface area contributed by atoms with Gasteiger partial charge in [-0.1, -0.05) is 35.9 Å². The van der Waals surface area contributed by atoms with E-state index >= 15 is 0 Å². The molecule has 3 aromatic rings. The third-order valence-corrected chi connectivity index (χ3v) is 8.28. The maximum absolute atomic E-state index is 13.9. The Morgan fingerprint density at radius 3 is 2.13 bits per heavy atom. The Morgan fingerprint density at radius 2 is 1.56 bits per heavy atom. The molecule has 208 valence electrons. The number of halogens is 1. The maximum atomic E-state index is 13.9. The monoisotopic (exact) mass is 571 g/mol. The first-order chi connectivity index (χ1) is 18.4. The van der Waals surface area contributed by atoms with Gasteiger partial charge in [0.15, 0.2) is 0 Å². The molecule has 1 N–H and O–H groups in total. The molecule has 0 bridgehead atoms. The lowest BCUT2D eigenvalue weighted by Crippen LogP contribution is -2.52. The number of nitrogens with zero attached hydrogens (tertiary/aromatic N) is 2. The molecule has 3 rings (SSSR count). The van der Waals surface area contributed by atoms with Crippen LogP contribution in [0.25, 0.3) is 0 Å². The molecule has 0 aliphatic heterocycles. The topological polar surface area (TPSA) is 96.0 Å². The molecule has 0 saturated heterocycles. The van der Waals surface area contributed by atoms with Gasteiger partial charge in [-0.2, -0.15) is 0 Å². The van der Waals surface area contributed by atoms with Crippen molar-refractivity contribution in [3.63, 3.8) is 0 Å². The summed E-state index contributed by atoms with van der Waals surface area (Å²) < 4.78 is 33.9. The Hall–Kier alpha value is -3.56.